The molecule has 0 unspecified atom stereocenters. The van der Waals surface area contributed by atoms with E-state index in [1.165, 1.54) is 54.1 Å². The molecule has 2 heteroatoms. The van der Waals surface area contributed by atoms with E-state index in [9.17, 15) is 0 Å². The first-order valence-corrected chi connectivity index (χ1v) is 14.4. The summed E-state index contributed by atoms with van der Waals surface area (Å²) in [4.78, 5) is 0. The van der Waals surface area contributed by atoms with Gasteiger partial charge in [-0.2, -0.15) is 0 Å². The van der Waals surface area contributed by atoms with Crippen molar-refractivity contribution < 1.29 is 0 Å². The van der Waals surface area contributed by atoms with Gasteiger partial charge in [-0.3, -0.25) is 0 Å². The number of aromatic nitrogens is 2. The summed E-state index contributed by atoms with van der Waals surface area (Å²) in [5, 5.41) is 9.82. The summed E-state index contributed by atoms with van der Waals surface area (Å²) >= 11 is 0. The number of rotatable bonds is 2. The Balaban J connectivity index is 1.50. The molecule has 0 saturated heterocycles. The van der Waals surface area contributed by atoms with E-state index in [0.29, 0.717) is 0 Å². The molecule has 0 fully saturated rings. The largest absolute Gasteiger partial charge is 0.310 e. The number of hydrogen-bond donors (Lipinski definition) is 0. The molecule has 9 aromatic rings. The van der Waals surface area contributed by atoms with Crippen molar-refractivity contribution in [1.82, 2.24) is 9.13 Å². The third-order valence-corrected chi connectivity index (χ3v) is 8.67. The van der Waals surface area contributed by atoms with Crippen LogP contribution in [0.25, 0.3) is 76.5 Å². The van der Waals surface area contributed by atoms with Gasteiger partial charge in [-0.1, -0.05) is 97.1 Å². The minimum absolute atomic E-state index is 1.14. The third kappa shape index (κ3) is 3.52. The molecule has 0 aliphatic rings. The van der Waals surface area contributed by atoms with Gasteiger partial charge in [0.2, 0.25) is 0 Å². The predicted octanol–water partition coefficient (Wildman–Crippen LogP) is 10.7. The number of hydrogen-bond acceptors (Lipinski definition) is 0. The summed E-state index contributed by atoms with van der Waals surface area (Å²) in [5.74, 6) is 0. The van der Waals surface area contributed by atoms with Crippen molar-refractivity contribution in [2.45, 2.75) is 0 Å². The lowest BCUT2D eigenvalue weighted by molar-refractivity contribution is 1.16. The Hall–Kier alpha value is -5.60. The molecule has 8 aromatic carbocycles. The van der Waals surface area contributed by atoms with E-state index in [1.807, 2.05) is 0 Å². The Morgan fingerprint density at radius 2 is 0.690 bits per heavy atom. The van der Waals surface area contributed by atoms with E-state index >= 15 is 0 Å². The minimum atomic E-state index is 1.14. The maximum Gasteiger partial charge on any atom is 0.0540 e. The van der Waals surface area contributed by atoms with Crippen molar-refractivity contribution in [3.63, 3.8) is 0 Å². The maximum atomic E-state index is 2.42. The molecule has 1 heterocycles. The Morgan fingerprint density at radius 3 is 1.17 bits per heavy atom. The first-order valence-electron chi connectivity index (χ1n) is 14.4. The SMILES string of the molecule is c1ccc2cc(-n3c4ccc5cccc(c5c4)n(-c4ccc5ccccc5c4)c4ccc5cccc3c5c4)ccc2c1. The molecule has 0 amide bonds. The van der Waals surface area contributed by atoms with E-state index in [2.05, 4.69) is 167 Å². The lowest BCUT2D eigenvalue weighted by atomic mass is 10.0. The van der Waals surface area contributed by atoms with Crippen LogP contribution in [0.1, 0.15) is 0 Å². The molecule has 42 heavy (non-hydrogen) atoms. The highest BCUT2D eigenvalue weighted by Crippen LogP contribution is 2.33. The van der Waals surface area contributed by atoms with Gasteiger partial charge in [0.15, 0.2) is 0 Å². The van der Waals surface area contributed by atoms with Crippen LogP contribution in [0.3, 0.4) is 0 Å². The van der Waals surface area contributed by atoms with E-state index in [0.717, 1.165) is 22.4 Å². The van der Waals surface area contributed by atoms with E-state index in [4.69, 9.17) is 0 Å². The first-order chi connectivity index (χ1) is 20.8. The van der Waals surface area contributed by atoms with Crippen molar-refractivity contribution in [2.24, 2.45) is 0 Å². The third-order valence-electron chi connectivity index (χ3n) is 8.67. The molecule has 2 nitrogen and oxygen atoms in total. The zero-order valence-corrected chi connectivity index (χ0v) is 22.9. The van der Waals surface area contributed by atoms with Gasteiger partial charge in [0.1, 0.15) is 0 Å². The molecule has 0 atom stereocenters. The molecule has 9 rings (SSSR count). The summed E-state index contributed by atoms with van der Waals surface area (Å²) in [6.07, 6.45) is 0. The van der Waals surface area contributed by atoms with Gasteiger partial charge in [-0.25, -0.2) is 0 Å². The quantitative estimate of drug-likeness (QED) is 0.209. The molecule has 0 aliphatic heterocycles. The Labute approximate surface area is 242 Å². The van der Waals surface area contributed by atoms with Gasteiger partial charge >= 0.3 is 0 Å². The van der Waals surface area contributed by atoms with Crippen LogP contribution in [0, 0.1) is 0 Å². The van der Waals surface area contributed by atoms with Crippen molar-refractivity contribution in [1.29, 1.82) is 0 Å². The Kier molecular flexibility index (Phi) is 4.93. The van der Waals surface area contributed by atoms with E-state index in [1.54, 1.807) is 0 Å². The van der Waals surface area contributed by atoms with Crippen molar-refractivity contribution >= 4 is 65.2 Å². The second-order valence-corrected chi connectivity index (χ2v) is 11.1. The second-order valence-electron chi connectivity index (χ2n) is 11.1. The molecule has 0 aliphatic carbocycles. The van der Waals surface area contributed by atoms with Crippen molar-refractivity contribution in [2.75, 3.05) is 0 Å². The van der Waals surface area contributed by atoms with Gasteiger partial charge in [0.05, 0.1) is 11.0 Å². The molecule has 4 bridgehead atoms. The molecule has 196 valence electrons. The van der Waals surface area contributed by atoms with Crippen LogP contribution in [0.5, 0.6) is 0 Å². The molecule has 0 radical (unpaired) electrons. The smallest absolute Gasteiger partial charge is 0.0540 e. The van der Waals surface area contributed by atoms with Crippen LogP contribution >= 0.6 is 0 Å². The topological polar surface area (TPSA) is 9.86 Å². The predicted molar refractivity (Wildman–Crippen MR) is 179 cm³/mol. The zero-order valence-electron chi connectivity index (χ0n) is 22.9. The normalized spacial score (nSPS) is 11.8. The average Bonchev–Trinajstić information content (AvgIpc) is 3.05. The fourth-order valence-corrected chi connectivity index (χ4v) is 6.64. The summed E-state index contributed by atoms with van der Waals surface area (Å²) in [6, 6.07) is 57.8. The molecular weight excluding hydrogens is 508 g/mol. The van der Waals surface area contributed by atoms with Crippen LogP contribution in [0.2, 0.25) is 0 Å². The lowest BCUT2D eigenvalue weighted by Crippen LogP contribution is -2.01. The maximum absolute atomic E-state index is 2.42. The summed E-state index contributed by atoms with van der Waals surface area (Å²) < 4.78 is 4.83. The minimum Gasteiger partial charge on any atom is -0.310 e. The van der Waals surface area contributed by atoms with Crippen molar-refractivity contribution in [3.8, 4) is 11.4 Å². The van der Waals surface area contributed by atoms with Crippen LogP contribution < -0.4 is 0 Å². The number of benzene rings is 8. The first kappa shape index (κ1) is 23.1. The standard InChI is InChI=1S/C40H26N2/c1-3-9-31-23-33(19-15-27(31)7-1)41-35-21-17-30-12-6-14-40(38(30)25-35)42(34-20-16-28-8-2-4-10-32(28)24-34)36-22-18-29-11-5-13-39(41)37(29)26-36/h1-26H. The molecular formula is C40H26N2. The van der Waals surface area contributed by atoms with E-state index in [-0.39, 0.29) is 0 Å². The van der Waals surface area contributed by atoms with Gasteiger partial charge in [0, 0.05) is 33.2 Å². The Bertz CT molecular complexity index is 2350. The van der Waals surface area contributed by atoms with Crippen LogP contribution in [-0.2, 0) is 0 Å². The summed E-state index contributed by atoms with van der Waals surface area (Å²) in [7, 11) is 0. The van der Waals surface area contributed by atoms with Gasteiger partial charge < -0.3 is 9.13 Å². The second kappa shape index (κ2) is 8.95. The summed E-state index contributed by atoms with van der Waals surface area (Å²) in [5.41, 5.74) is 6.92. The highest BCUT2D eigenvalue weighted by molar-refractivity contribution is 6.04. The van der Waals surface area contributed by atoms with Crippen LogP contribution in [0.15, 0.2) is 158 Å². The highest BCUT2D eigenvalue weighted by Gasteiger charge is 2.12. The Morgan fingerprint density at radius 1 is 0.286 bits per heavy atom. The zero-order chi connectivity index (χ0) is 27.6. The average molecular weight is 535 g/mol. The molecule has 1 aromatic heterocycles. The van der Waals surface area contributed by atoms with Crippen LogP contribution in [0.4, 0.5) is 0 Å². The van der Waals surface area contributed by atoms with Crippen LogP contribution in [-0.4, -0.2) is 9.13 Å². The summed E-state index contributed by atoms with van der Waals surface area (Å²) in [6.45, 7) is 0. The van der Waals surface area contributed by atoms with Gasteiger partial charge in [-0.05, 0) is 93.0 Å². The lowest BCUT2D eigenvalue weighted by Gasteiger charge is -2.18. The van der Waals surface area contributed by atoms with Crippen molar-refractivity contribution in [3.05, 3.63) is 158 Å². The fraction of sp³-hybridized carbons (Fsp3) is 0. The van der Waals surface area contributed by atoms with Gasteiger partial charge in [-0.15, -0.1) is 0 Å². The fourth-order valence-electron chi connectivity index (χ4n) is 6.64. The molecule has 0 spiro atoms. The highest BCUT2D eigenvalue weighted by atomic mass is 15.0. The monoisotopic (exact) mass is 534 g/mol. The molecule has 0 N–H and O–H groups in total. The number of nitrogens with zero attached hydrogens (tertiary/aromatic N) is 2. The number of fused-ring (bicyclic) bond motifs is 4. The van der Waals surface area contributed by atoms with E-state index < -0.39 is 0 Å². The molecule has 0 saturated carbocycles. The van der Waals surface area contributed by atoms with Gasteiger partial charge in [0.25, 0.3) is 0 Å².